The van der Waals surface area contributed by atoms with Crippen LogP contribution in [0.2, 0.25) is 0 Å². The molecule has 1 saturated heterocycles. The minimum absolute atomic E-state index is 0.136. The standard InChI is InChI=1S/C23H30N4O2/c1-3-24-23(27-16-14-26(15-17-27)19(2)28)25-13-18-29-22-12-8-7-11-21(22)20-9-5-4-6-10-20/h4-12H,3,13-18H2,1-2H3,(H,24,25). The number of carbonyl (C=O) groups is 1. The van der Waals surface area contributed by atoms with Crippen molar-refractivity contribution in [2.45, 2.75) is 13.8 Å². The summed E-state index contributed by atoms with van der Waals surface area (Å²) in [4.78, 5) is 20.3. The Morgan fingerprint density at radius 1 is 1.00 bits per heavy atom. The predicted molar refractivity (Wildman–Crippen MR) is 117 cm³/mol. The Labute approximate surface area is 173 Å². The molecule has 1 heterocycles. The Kier molecular flexibility index (Phi) is 7.50. The fourth-order valence-corrected chi connectivity index (χ4v) is 3.41. The Bertz CT molecular complexity index is 815. The number of hydrogen-bond donors (Lipinski definition) is 1. The van der Waals surface area contributed by atoms with Gasteiger partial charge in [0.2, 0.25) is 5.91 Å². The van der Waals surface area contributed by atoms with Gasteiger partial charge in [-0.3, -0.25) is 4.79 Å². The molecule has 2 aromatic carbocycles. The van der Waals surface area contributed by atoms with Crippen LogP contribution in [0.15, 0.2) is 59.6 Å². The highest BCUT2D eigenvalue weighted by Gasteiger charge is 2.20. The van der Waals surface area contributed by atoms with Crippen molar-refractivity contribution in [3.8, 4) is 16.9 Å². The topological polar surface area (TPSA) is 57.2 Å². The van der Waals surface area contributed by atoms with Crippen LogP contribution in [-0.2, 0) is 4.79 Å². The molecule has 1 fully saturated rings. The number of para-hydroxylation sites is 1. The van der Waals surface area contributed by atoms with Crippen molar-refractivity contribution in [3.63, 3.8) is 0 Å². The predicted octanol–water partition coefficient (Wildman–Crippen LogP) is 2.86. The average Bonchev–Trinajstić information content (AvgIpc) is 2.77. The molecule has 0 spiro atoms. The maximum Gasteiger partial charge on any atom is 0.219 e. The number of amides is 1. The summed E-state index contributed by atoms with van der Waals surface area (Å²) in [5.41, 5.74) is 2.23. The van der Waals surface area contributed by atoms with Gasteiger partial charge in [0.15, 0.2) is 5.96 Å². The summed E-state index contributed by atoms with van der Waals surface area (Å²) in [6.45, 7) is 8.63. The quantitative estimate of drug-likeness (QED) is 0.465. The van der Waals surface area contributed by atoms with Crippen LogP contribution in [0.25, 0.3) is 11.1 Å². The van der Waals surface area contributed by atoms with Crippen molar-refractivity contribution in [1.82, 2.24) is 15.1 Å². The zero-order valence-electron chi connectivity index (χ0n) is 17.3. The lowest BCUT2D eigenvalue weighted by molar-refractivity contribution is -0.130. The van der Waals surface area contributed by atoms with Gasteiger partial charge in [0.25, 0.3) is 0 Å². The highest BCUT2D eigenvalue weighted by molar-refractivity contribution is 5.80. The molecule has 1 aliphatic rings. The molecule has 0 bridgehead atoms. The normalized spacial score (nSPS) is 14.6. The molecular formula is C23H30N4O2. The Balaban J connectivity index is 1.58. The molecule has 0 atom stereocenters. The molecule has 154 valence electrons. The van der Waals surface area contributed by atoms with Crippen molar-refractivity contribution in [2.75, 3.05) is 45.9 Å². The first kappa shape index (κ1) is 20.7. The van der Waals surface area contributed by atoms with Crippen molar-refractivity contribution in [1.29, 1.82) is 0 Å². The first-order valence-corrected chi connectivity index (χ1v) is 10.2. The van der Waals surface area contributed by atoms with Crippen LogP contribution in [0, 0.1) is 0 Å². The van der Waals surface area contributed by atoms with Gasteiger partial charge < -0.3 is 19.9 Å². The highest BCUT2D eigenvalue weighted by atomic mass is 16.5. The molecular weight excluding hydrogens is 364 g/mol. The van der Waals surface area contributed by atoms with E-state index in [-0.39, 0.29) is 5.91 Å². The van der Waals surface area contributed by atoms with Gasteiger partial charge in [-0.05, 0) is 18.6 Å². The van der Waals surface area contributed by atoms with Gasteiger partial charge in [0.1, 0.15) is 12.4 Å². The number of nitrogens with one attached hydrogen (secondary N) is 1. The summed E-state index contributed by atoms with van der Waals surface area (Å²) >= 11 is 0. The van der Waals surface area contributed by atoms with Gasteiger partial charge in [-0.15, -0.1) is 0 Å². The summed E-state index contributed by atoms with van der Waals surface area (Å²) < 4.78 is 6.05. The summed E-state index contributed by atoms with van der Waals surface area (Å²) in [7, 11) is 0. The van der Waals surface area contributed by atoms with E-state index in [0.29, 0.717) is 13.2 Å². The number of benzene rings is 2. The van der Waals surface area contributed by atoms with Crippen LogP contribution in [-0.4, -0.2) is 67.5 Å². The van der Waals surface area contributed by atoms with Crippen LogP contribution < -0.4 is 10.1 Å². The number of rotatable bonds is 6. The van der Waals surface area contributed by atoms with E-state index in [9.17, 15) is 4.79 Å². The first-order valence-electron chi connectivity index (χ1n) is 10.2. The van der Waals surface area contributed by atoms with Crippen LogP contribution >= 0.6 is 0 Å². The fraction of sp³-hybridized carbons (Fsp3) is 0.391. The maximum atomic E-state index is 11.5. The molecule has 1 aliphatic heterocycles. The van der Waals surface area contributed by atoms with E-state index >= 15 is 0 Å². The van der Waals surface area contributed by atoms with Gasteiger partial charge in [0, 0.05) is 45.2 Å². The zero-order valence-corrected chi connectivity index (χ0v) is 17.3. The molecule has 29 heavy (non-hydrogen) atoms. The van der Waals surface area contributed by atoms with Crippen LogP contribution in [0.5, 0.6) is 5.75 Å². The van der Waals surface area contributed by atoms with Crippen molar-refractivity contribution in [3.05, 3.63) is 54.6 Å². The molecule has 0 unspecified atom stereocenters. The molecule has 1 N–H and O–H groups in total. The average molecular weight is 395 g/mol. The van der Waals surface area contributed by atoms with Crippen LogP contribution in [0.4, 0.5) is 0 Å². The third-order valence-corrected chi connectivity index (χ3v) is 4.94. The second-order valence-corrected chi connectivity index (χ2v) is 6.94. The number of carbonyl (C=O) groups excluding carboxylic acids is 1. The highest BCUT2D eigenvalue weighted by Crippen LogP contribution is 2.29. The molecule has 0 aliphatic carbocycles. The maximum absolute atomic E-state index is 11.5. The zero-order chi connectivity index (χ0) is 20.5. The molecule has 6 nitrogen and oxygen atoms in total. The van der Waals surface area contributed by atoms with Crippen molar-refractivity contribution in [2.24, 2.45) is 4.99 Å². The number of ether oxygens (including phenoxy) is 1. The number of hydrogen-bond acceptors (Lipinski definition) is 3. The van der Waals surface area contributed by atoms with E-state index < -0.39 is 0 Å². The van der Waals surface area contributed by atoms with E-state index in [0.717, 1.165) is 55.6 Å². The van der Waals surface area contributed by atoms with Gasteiger partial charge in [-0.25, -0.2) is 4.99 Å². The summed E-state index contributed by atoms with van der Waals surface area (Å²) in [6, 6.07) is 18.3. The van der Waals surface area contributed by atoms with Crippen molar-refractivity contribution >= 4 is 11.9 Å². The minimum Gasteiger partial charge on any atom is -0.491 e. The van der Waals surface area contributed by atoms with Gasteiger partial charge in [-0.2, -0.15) is 0 Å². The lowest BCUT2D eigenvalue weighted by atomic mass is 10.1. The monoisotopic (exact) mass is 394 g/mol. The lowest BCUT2D eigenvalue weighted by Crippen LogP contribution is -2.53. The molecule has 0 radical (unpaired) electrons. The lowest BCUT2D eigenvalue weighted by Gasteiger charge is -2.36. The van der Waals surface area contributed by atoms with Gasteiger partial charge in [0.05, 0.1) is 6.54 Å². The minimum atomic E-state index is 0.136. The number of aliphatic imine (C=N–C) groups is 1. The third kappa shape index (κ3) is 5.73. The van der Waals surface area contributed by atoms with E-state index in [2.05, 4.69) is 35.3 Å². The Hall–Kier alpha value is -3.02. The SMILES string of the molecule is CCNC(=NCCOc1ccccc1-c1ccccc1)N1CCN(C(C)=O)CC1. The smallest absolute Gasteiger partial charge is 0.219 e. The van der Waals surface area contributed by atoms with Crippen LogP contribution in [0.3, 0.4) is 0 Å². The van der Waals surface area contributed by atoms with E-state index in [4.69, 9.17) is 9.73 Å². The third-order valence-electron chi connectivity index (χ3n) is 4.94. The molecule has 6 heteroatoms. The molecule has 1 amide bonds. The molecule has 3 rings (SSSR count). The van der Waals surface area contributed by atoms with E-state index in [1.165, 1.54) is 0 Å². The number of piperazine rings is 1. The Morgan fingerprint density at radius 3 is 2.34 bits per heavy atom. The van der Waals surface area contributed by atoms with Gasteiger partial charge in [-0.1, -0.05) is 48.5 Å². The number of guanidine groups is 1. The molecule has 0 aromatic heterocycles. The van der Waals surface area contributed by atoms with Crippen LogP contribution in [0.1, 0.15) is 13.8 Å². The van der Waals surface area contributed by atoms with Gasteiger partial charge >= 0.3 is 0 Å². The summed E-state index contributed by atoms with van der Waals surface area (Å²) in [6.07, 6.45) is 0. The fourth-order valence-electron chi connectivity index (χ4n) is 3.41. The second-order valence-electron chi connectivity index (χ2n) is 6.94. The number of nitrogens with zero attached hydrogens (tertiary/aromatic N) is 3. The van der Waals surface area contributed by atoms with E-state index in [1.807, 2.05) is 41.3 Å². The molecule has 0 saturated carbocycles. The molecule has 2 aromatic rings. The second kappa shape index (κ2) is 10.5. The summed E-state index contributed by atoms with van der Waals surface area (Å²) in [5.74, 6) is 1.89. The summed E-state index contributed by atoms with van der Waals surface area (Å²) in [5, 5.41) is 3.35. The largest absolute Gasteiger partial charge is 0.491 e. The first-order chi connectivity index (χ1) is 14.2. The van der Waals surface area contributed by atoms with Crippen molar-refractivity contribution < 1.29 is 9.53 Å². The Morgan fingerprint density at radius 2 is 1.66 bits per heavy atom. The van der Waals surface area contributed by atoms with E-state index in [1.54, 1.807) is 6.92 Å².